The Bertz CT molecular complexity index is 2460. The fourth-order valence-electron chi connectivity index (χ4n) is 5.99. The number of rotatable bonds is 5. The molecule has 0 aliphatic carbocycles. The Morgan fingerprint density at radius 3 is 1.86 bits per heavy atom. The van der Waals surface area contributed by atoms with Crippen LogP contribution in [0.25, 0.3) is 54.6 Å². The van der Waals surface area contributed by atoms with Crippen molar-refractivity contribution in [2.75, 3.05) is 4.90 Å². The van der Waals surface area contributed by atoms with Crippen LogP contribution in [0.15, 0.2) is 176 Å². The first-order chi connectivity index (χ1) is 23.0. The summed E-state index contributed by atoms with van der Waals surface area (Å²) in [6.07, 6.45) is 0. The Labute approximate surface area is 257 Å². The highest BCUT2D eigenvalue weighted by Gasteiger charge is 2.17. The van der Waals surface area contributed by atoms with Crippen LogP contribution >= 0.6 is 0 Å². The largest absolute Gasteiger partial charge is 0.310 e. The zero-order valence-electron chi connectivity index (χ0n) is 27.4. The number of fused-ring (bicyclic) bond motifs is 3. The van der Waals surface area contributed by atoms with E-state index >= 15 is 0 Å². The molecule has 0 atom stereocenters. The van der Waals surface area contributed by atoms with Crippen LogP contribution in [0.4, 0.5) is 17.1 Å². The van der Waals surface area contributed by atoms with Crippen LogP contribution in [0.5, 0.6) is 0 Å². The number of hydrogen-bond donors (Lipinski definition) is 0. The fourth-order valence-corrected chi connectivity index (χ4v) is 5.99. The summed E-state index contributed by atoms with van der Waals surface area (Å²) in [5.74, 6) is 0. The summed E-state index contributed by atoms with van der Waals surface area (Å²) >= 11 is 0. The molecule has 43 heavy (non-hydrogen) atoms. The minimum atomic E-state index is -0.211. The van der Waals surface area contributed by atoms with E-state index in [-0.39, 0.29) is 29.9 Å². The first-order valence-electron chi connectivity index (χ1n) is 16.5. The summed E-state index contributed by atoms with van der Waals surface area (Å²) in [7, 11) is 0. The topological polar surface area (TPSA) is 3.24 Å². The van der Waals surface area contributed by atoms with E-state index in [4.69, 9.17) is 2.74 Å². The molecule has 1 heteroatoms. The highest BCUT2D eigenvalue weighted by Crippen LogP contribution is 2.41. The van der Waals surface area contributed by atoms with E-state index in [2.05, 4.69) is 42.5 Å². The van der Waals surface area contributed by atoms with Gasteiger partial charge in [0.25, 0.3) is 0 Å². The van der Waals surface area contributed by atoms with Crippen molar-refractivity contribution < 1.29 is 5.48 Å². The highest BCUT2D eigenvalue weighted by atomic mass is 15.1. The van der Waals surface area contributed by atoms with Crippen molar-refractivity contribution in [3.8, 4) is 22.3 Å². The molecule has 202 valence electrons. The Hall–Kier alpha value is -5.66. The summed E-state index contributed by atoms with van der Waals surface area (Å²) in [4.78, 5) is 1.92. The maximum atomic E-state index is 9.66. The SMILES string of the molecule is [2H]c1c([2H])c(-c2cccc3ccccc23)c([2H])c(N(c2ccc(-c3ccc4ccccc4c3)cc2)c2cccc3ccccc23)c1[2H]. The van der Waals surface area contributed by atoms with E-state index in [9.17, 15) is 2.74 Å². The standard InChI is InChI=1S/C42H29N/c1-2-13-34-28-35(23-22-30(34)10-1)31-24-26-37(27-25-31)43(42-21-9-15-33-12-4-6-19-41(33)42)38-17-7-16-36(29-38)40-20-8-14-32-11-3-5-18-39(32)40/h1-29H/i7D,16D,17D,29D. The molecule has 1 nitrogen and oxygen atoms in total. The lowest BCUT2D eigenvalue weighted by Crippen LogP contribution is -2.10. The van der Waals surface area contributed by atoms with Gasteiger partial charge in [0.1, 0.15) is 0 Å². The first-order valence-corrected chi connectivity index (χ1v) is 14.5. The van der Waals surface area contributed by atoms with Crippen molar-refractivity contribution in [2.45, 2.75) is 0 Å². The van der Waals surface area contributed by atoms with Crippen molar-refractivity contribution in [3.05, 3.63) is 176 Å². The lowest BCUT2D eigenvalue weighted by Gasteiger charge is -2.27. The second kappa shape index (κ2) is 10.6. The molecular weight excluding hydrogens is 518 g/mol. The van der Waals surface area contributed by atoms with Gasteiger partial charge in [-0.05, 0) is 85.5 Å². The maximum Gasteiger partial charge on any atom is 0.0651 e. The first kappa shape index (κ1) is 21.1. The Morgan fingerprint density at radius 1 is 0.419 bits per heavy atom. The minimum Gasteiger partial charge on any atom is -0.310 e. The van der Waals surface area contributed by atoms with Crippen LogP contribution in [-0.4, -0.2) is 0 Å². The molecule has 0 aliphatic heterocycles. The smallest absolute Gasteiger partial charge is 0.0651 e. The van der Waals surface area contributed by atoms with Gasteiger partial charge in [0.2, 0.25) is 0 Å². The van der Waals surface area contributed by atoms with Gasteiger partial charge >= 0.3 is 0 Å². The number of nitrogens with zero attached hydrogens (tertiary/aromatic N) is 1. The summed E-state index contributed by atoms with van der Waals surface area (Å²) in [5, 5.41) is 6.23. The lowest BCUT2D eigenvalue weighted by molar-refractivity contribution is 1.30. The molecule has 0 spiro atoms. The van der Waals surface area contributed by atoms with E-state index in [1.807, 2.05) is 114 Å². The molecule has 0 saturated heterocycles. The summed E-state index contributed by atoms with van der Waals surface area (Å²) in [6.45, 7) is 0. The molecule has 0 aliphatic rings. The second-order valence-electron chi connectivity index (χ2n) is 10.7. The number of benzene rings is 8. The lowest BCUT2D eigenvalue weighted by atomic mass is 9.97. The molecular formula is C42H29N. The average molecular weight is 552 g/mol. The van der Waals surface area contributed by atoms with E-state index in [1.165, 1.54) is 10.8 Å². The molecule has 8 aromatic carbocycles. The van der Waals surface area contributed by atoms with Gasteiger partial charge in [-0.1, -0.05) is 139 Å². The predicted octanol–water partition coefficient (Wildman–Crippen LogP) is 11.9. The van der Waals surface area contributed by atoms with Gasteiger partial charge < -0.3 is 4.90 Å². The van der Waals surface area contributed by atoms with Crippen molar-refractivity contribution in [3.63, 3.8) is 0 Å². The molecule has 8 aromatic rings. The van der Waals surface area contributed by atoms with Crippen molar-refractivity contribution in [1.29, 1.82) is 0 Å². The van der Waals surface area contributed by atoms with Crippen LogP contribution in [0.3, 0.4) is 0 Å². The summed E-state index contributed by atoms with van der Waals surface area (Å²) < 4.78 is 36.9. The molecule has 8 rings (SSSR count). The normalized spacial score (nSPS) is 12.6. The van der Waals surface area contributed by atoms with Crippen molar-refractivity contribution in [2.24, 2.45) is 0 Å². The van der Waals surface area contributed by atoms with Crippen LogP contribution in [0.1, 0.15) is 5.48 Å². The third-order valence-electron chi connectivity index (χ3n) is 8.11. The number of hydrogen-bond acceptors (Lipinski definition) is 1. The van der Waals surface area contributed by atoms with E-state index in [0.29, 0.717) is 11.1 Å². The third kappa shape index (κ3) is 4.62. The highest BCUT2D eigenvalue weighted by molar-refractivity contribution is 6.01. The van der Waals surface area contributed by atoms with E-state index in [0.717, 1.165) is 44.0 Å². The molecule has 0 heterocycles. The van der Waals surface area contributed by atoms with E-state index < -0.39 is 0 Å². The Balaban J connectivity index is 1.37. The van der Waals surface area contributed by atoms with Crippen molar-refractivity contribution >= 4 is 49.4 Å². The molecule has 0 saturated carbocycles. The maximum absolute atomic E-state index is 9.66. The minimum absolute atomic E-state index is 0.0406. The summed E-state index contributed by atoms with van der Waals surface area (Å²) in [6, 6.07) is 50.3. The molecule has 0 fully saturated rings. The van der Waals surface area contributed by atoms with Gasteiger partial charge in [-0.3, -0.25) is 0 Å². The third-order valence-corrected chi connectivity index (χ3v) is 8.11. The molecule has 0 unspecified atom stereocenters. The van der Waals surface area contributed by atoms with Crippen molar-refractivity contribution in [1.82, 2.24) is 0 Å². The van der Waals surface area contributed by atoms with Crippen LogP contribution in [0, 0.1) is 0 Å². The summed E-state index contributed by atoms with van der Waals surface area (Å²) in [5.41, 5.74) is 5.02. The zero-order chi connectivity index (χ0) is 32.1. The van der Waals surface area contributed by atoms with Gasteiger partial charge in [0.05, 0.1) is 11.2 Å². The predicted molar refractivity (Wildman–Crippen MR) is 185 cm³/mol. The van der Waals surface area contributed by atoms with Gasteiger partial charge in [0.15, 0.2) is 0 Å². The molecule has 0 aromatic heterocycles. The second-order valence-corrected chi connectivity index (χ2v) is 10.7. The molecule has 0 radical (unpaired) electrons. The van der Waals surface area contributed by atoms with Gasteiger partial charge in [-0.2, -0.15) is 0 Å². The van der Waals surface area contributed by atoms with E-state index in [1.54, 1.807) is 0 Å². The molecule has 0 amide bonds. The van der Waals surface area contributed by atoms with Gasteiger partial charge in [0, 0.05) is 16.8 Å². The Morgan fingerprint density at radius 2 is 1.05 bits per heavy atom. The van der Waals surface area contributed by atoms with Gasteiger partial charge in [-0.25, -0.2) is 0 Å². The monoisotopic (exact) mass is 551 g/mol. The van der Waals surface area contributed by atoms with Crippen LogP contribution < -0.4 is 4.90 Å². The molecule has 0 N–H and O–H groups in total. The Kier molecular flexibility index (Phi) is 5.22. The average Bonchev–Trinajstić information content (AvgIpc) is 3.12. The van der Waals surface area contributed by atoms with Gasteiger partial charge in [-0.15, -0.1) is 0 Å². The molecule has 0 bridgehead atoms. The number of anilines is 3. The fraction of sp³-hybridized carbons (Fsp3) is 0. The quantitative estimate of drug-likeness (QED) is 0.206. The zero-order valence-corrected chi connectivity index (χ0v) is 23.4. The van der Waals surface area contributed by atoms with Crippen LogP contribution in [0.2, 0.25) is 0 Å². The van der Waals surface area contributed by atoms with Crippen LogP contribution in [-0.2, 0) is 0 Å².